The van der Waals surface area contributed by atoms with Gasteiger partial charge in [-0.1, -0.05) is 18.2 Å². The lowest BCUT2D eigenvalue weighted by Crippen LogP contribution is -2.48. The van der Waals surface area contributed by atoms with Gasteiger partial charge in [-0.2, -0.15) is 0 Å². The molecule has 0 saturated heterocycles. The minimum absolute atomic E-state index is 0.0766. The molecule has 6 nitrogen and oxygen atoms in total. The van der Waals surface area contributed by atoms with Crippen LogP contribution in [0, 0.1) is 0 Å². The van der Waals surface area contributed by atoms with Gasteiger partial charge in [0.2, 0.25) is 0 Å². The van der Waals surface area contributed by atoms with Crippen LogP contribution >= 0.6 is 0 Å². The summed E-state index contributed by atoms with van der Waals surface area (Å²) in [5.74, 6) is -0.619. The SMILES string of the molecule is COCC(=O)NNC(=O)CN1CCCc2ccccc21. The van der Waals surface area contributed by atoms with E-state index in [1.165, 1.54) is 12.7 Å². The van der Waals surface area contributed by atoms with Gasteiger partial charge < -0.3 is 9.64 Å². The molecule has 20 heavy (non-hydrogen) atoms. The van der Waals surface area contributed by atoms with Gasteiger partial charge in [0.25, 0.3) is 11.8 Å². The van der Waals surface area contributed by atoms with Crippen molar-refractivity contribution in [3.05, 3.63) is 29.8 Å². The summed E-state index contributed by atoms with van der Waals surface area (Å²) in [7, 11) is 1.42. The molecule has 1 heterocycles. The zero-order chi connectivity index (χ0) is 14.4. The number of hydrogen-bond acceptors (Lipinski definition) is 4. The van der Waals surface area contributed by atoms with E-state index in [-0.39, 0.29) is 25.0 Å². The Morgan fingerprint density at radius 1 is 1.25 bits per heavy atom. The molecule has 108 valence electrons. The highest BCUT2D eigenvalue weighted by Crippen LogP contribution is 2.25. The average molecular weight is 277 g/mol. The van der Waals surface area contributed by atoms with Gasteiger partial charge in [0.1, 0.15) is 6.61 Å². The lowest BCUT2D eigenvalue weighted by Gasteiger charge is -2.30. The summed E-state index contributed by atoms with van der Waals surface area (Å²) in [6, 6.07) is 8.08. The molecular weight excluding hydrogens is 258 g/mol. The number of hydrazine groups is 1. The Bertz CT molecular complexity index is 490. The molecule has 0 fully saturated rings. The van der Waals surface area contributed by atoms with Gasteiger partial charge in [-0.05, 0) is 24.5 Å². The Balaban J connectivity index is 1.88. The summed E-state index contributed by atoms with van der Waals surface area (Å²) >= 11 is 0. The van der Waals surface area contributed by atoms with Crippen LogP contribution in [0.25, 0.3) is 0 Å². The van der Waals surface area contributed by atoms with Crippen molar-refractivity contribution in [2.24, 2.45) is 0 Å². The minimum atomic E-state index is -0.375. The first-order valence-electron chi connectivity index (χ1n) is 6.60. The molecule has 1 aromatic rings. The van der Waals surface area contributed by atoms with E-state index in [1.54, 1.807) is 0 Å². The standard InChI is InChI=1S/C14H19N3O3/c1-20-10-14(19)16-15-13(18)9-17-8-4-6-11-5-2-3-7-12(11)17/h2-3,5,7H,4,6,8-10H2,1H3,(H,15,18)(H,16,19). The average Bonchev–Trinajstić information content (AvgIpc) is 2.46. The second kappa shape index (κ2) is 6.91. The van der Waals surface area contributed by atoms with E-state index in [1.807, 2.05) is 23.1 Å². The molecule has 1 aromatic carbocycles. The number of carbonyl (C=O) groups is 2. The zero-order valence-corrected chi connectivity index (χ0v) is 11.5. The zero-order valence-electron chi connectivity index (χ0n) is 11.5. The van der Waals surface area contributed by atoms with E-state index in [4.69, 9.17) is 0 Å². The van der Waals surface area contributed by atoms with Gasteiger partial charge in [-0.3, -0.25) is 20.4 Å². The molecule has 0 bridgehead atoms. The van der Waals surface area contributed by atoms with Crippen molar-refractivity contribution in [3.8, 4) is 0 Å². The number of amides is 2. The van der Waals surface area contributed by atoms with Crippen molar-refractivity contribution in [1.29, 1.82) is 0 Å². The van der Waals surface area contributed by atoms with E-state index in [2.05, 4.69) is 21.7 Å². The first-order chi connectivity index (χ1) is 9.70. The van der Waals surface area contributed by atoms with Crippen LogP contribution in [0.3, 0.4) is 0 Å². The van der Waals surface area contributed by atoms with Gasteiger partial charge in [0, 0.05) is 19.3 Å². The van der Waals surface area contributed by atoms with Crippen LogP contribution < -0.4 is 15.8 Å². The summed E-state index contributed by atoms with van der Waals surface area (Å²) in [6.45, 7) is 0.994. The molecule has 0 aromatic heterocycles. The van der Waals surface area contributed by atoms with Crippen LogP contribution in [0.2, 0.25) is 0 Å². The third-order valence-corrected chi connectivity index (χ3v) is 3.16. The second-order valence-corrected chi connectivity index (χ2v) is 4.68. The van der Waals surface area contributed by atoms with Crippen molar-refractivity contribution >= 4 is 17.5 Å². The lowest BCUT2D eigenvalue weighted by atomic mass is 10.0. The number of rotatable bonds is 4. The first kappa shape index (κ1) is 14.3. The molecule has 0 aliphatic carbocycles. The number of aryl methyl sites for hydroxylation is 1. The van der Waals surface area contributed by atoms with E-state index in [0.29, 0.717) is 0 Å². The fourth-order valence-corrected chi connectivity index (χ4v) is 2.30. The van der Waals surface area contributed by atoms with Crippen LogP contribution in [0.4, 0.5) is 5.69 Å². The molecule has 2 rings (SSSR count). The lowest BCUT2D eigenvalue weighted by molar-refractivity contribution is -0.130. The Kier molecular flexibility index (Phi) is 4.95. The Hall–Kier alpha value is -2.08. The molecular formula is C14H19N3O3. The molecule has 6 heteroatoms. The van der Waals surface area contributed by atoms with Crippen molar-refractivity contribution in [2.45, 2.75) is 12.8 Å². The molecule has 0 atom stereocenters. The smallest absolute Gasteiger partial charge is 0.264 e. The summed E-state index contributed by atoms with van der Waals surface area (Å²) in [6.07, 6.45) is 2.07. The van der Waals surface area contributed by atoms with Crippen molar-refractivity contribution in [2.75, 3.05) is 31.7 Å². The molecule has 2 amide bonds. The number of benzene rings is 1. The van der Waals surface area contributed by atoms with Crippen molar-refractivity contribution in [3.63, 3.8) is 0 Å². The summed E-state index contributed by atoms with van der Waals surface area (Å²) in [5, 5.41) is 0. The van der Waals surface area contributed by atoms with Crippen LogP contribution in [0.1, 0.15) is 12.0 Å². The van der Waals surface area contributed by atoms with E-state index >= 15 is 0 Å². The molecule has 0 spiro atoms. The van der Waals surface area contributed by atoms with Crippen LogP contribution in [0.15, 0.2) is 24.3 Å². The Labute approximate surface area is 118 Å². The highest BCUT2D eigenvalue weighted by Gasteiger charge is 2.18. The minimum Gasteiger partial charge on any atom is -0.375 e. The maximum atomic E-state index is 11.8. The fraction of sp³-hybridized carbons (Fsp3) is 0.429. The van der Waals surface area contributed by atoms with Gasteiger partial charge in [-0.15, -0.1) is 0 Å². The highest BCUT2D eigenvalue weighted by molar-refractivity contribution is 5.85. The van der Waals surface area contributed by atoms with Gasteiger partial charge in [-0.25, -0.2) is 0 Å². The second-order valence-electron chi connectivity index (χ2n) is 4.68. The van der Waals surface area contributed by atoms with Crippen LogP contribution in [-0.4, -0.2) is 38.6 Å². The number of nitrogens with zero attached hydrogens (tertiary/aromatic N) is 1. The number of para-hydroxylation sites is 1. The summed E-state index contributed by atoms with van der Waals surface area (Å²) < 4.78 is 4.66. The predicted molar refractivity (Wildman–Crippen MR) is 75.1 cm³/mol. The molecule has 1 aliphatic heterocycles. The van der Waals surface area contributed by atoms with Crippen LogP contribution in [-0.2, 0) is 20.7 Å². The van der Waals surface area contributed by atoms with Gasteiger partial charge >= 0.3 is 0 Å². The topological polar surface area (TPSA) is 70.7 Å². The Morgan fingerprint density at radius 2 is 2.00 bits per heavy atom. The summed E-state index contributed by atoms with van der Waals surface area (Å²) in [4.78, 5) is 25.0. The third kappa shape index (κ3) is 3.71. The third-order valence-electron chi connectivity index (χ3n) is 3.16. The molecule has 0 saturated carbocycles. The van der Waals surface area contributed by atoms with Crippen molar-refractivity contribution in [1.82, 2.24) is 10.9 Å². The fourth-order valence-electron chi connectivity index (χ4n) is 2.30. The van der Waals surface area contributed by atoms with E-state index < -0.39 is 0 Å². The molecule has 1 aliphatic rings. The predicted octanol–water partition coefficient (Wildman–Crippen LogP) is 0.233. The number of carbonyl (C=O) groups excluding carboxylic acids is 2. The number of nitrogens with one attached hydrogen (secondary N) is 2. The normalized spacial score (nSPS) is 13.6. The summed E-state index contributed by atoms with van der Waals surface area (Å²) in [5.41, 5.74) is 7.05. The number of methoxy groups -OCH3 is 1. The number of hydrogen-bond donors (Lipinski definition) is 2. The number of ether oxygens (including phenoxy) is 1. The first-order valence-corrected chi connectivity index (χ1v) is 6.60. The number of anilines is 1. The number of fused-ring (bicyclic) bond motifs is 1. The van der Waals surface area contributed by atoms with Gasteiger partial charge in [0.15, 0.2) is 0 Å². The van der Waals surface area contributed by atoms with E-state index in [0.717, 1.165) is 25.1 Å². The quantitative estimate of drug-likeness (QED) is 0.773. The molecule has 2 N–H and O–H groups in total. The monoisotopic (exact) mass is 277 g/mol. The Morgan fingerprint density at radius 3 is 2.80 bits per heavy atom. The van der Waals surface area contributed by atoms with E-state index in [9.17, 15) is 9.59 Å². The maximum absolute atomic E-state index is 11.8. The molecule has 0 unspecified atom stereocenters. The maximum Gasteiger partial charge on any atom is 0.264 e. The van der Waals surface area contributed by atoms with Crippen molar-refractivity contribution < 1.29 is 14.3 Å². The molecule has 0 radical (unpaired) electrons. The highest BCUT2D eigenvalue weighted by atomic mass is 16.5. The largest absolute Gasteiger partial charge is 0.375 e. The van der Waals surface area contributed by atoms with Crippen LogP contribution in [0.5, 0.6) is 0 Å². The van der Waals surface area contributed by atoms with Gasteiger partial charge in [0.05, 0.1) is 6.54 Å².